The first-order valence-electron chi connectivity index (χ1n) is 4.38. The van der Waals surface area contributed by atoms with E-state index in [-0.39, 0.29) is 0 Å². The van der Waals surface area contributed by atoms with Gasteiger partial charge in [-0.2, -0.15) is 0 Å². The van der Waals surface area contributed by atoms with Gasteiger partial charge in [-0.15, -0.1) is 0 Å². The van der Waals surface area contributed by atoms with Crippen LogP contribution in [-0.2, 0) is 22.9 Å². The van der Waals surface area contributed by atoms with E-state index in [0.717, 1.165) is 0 Å². The number of phosphoric acid groups is 2. The molecule has 1 rings (SSSR count). The molecule has 0 unspecified atom stereocenters. The van der Waals surface area contributed by atoms with E-state index in [9.17, 15) is 38.9 Å². The van der Waals surface area contributed by atoms with Crippen molar-refractivity contribution in [1.29, 1.82) is 0 Å². The molecule has 0 radical (unpaired) electrons. The average Bonchev–Trinajstić information content (AvgIpc) is 2.40. The topological polar surface area (TPSA) is 195 Å². The van der Waals surface area contributed by atoms with Crippen LogP contribution in [-0.4, -0.2) is 41.4 Å². The number of rotatable bonds is 5. The van der Waals surface area contributed by atoms with Crippen molar-refractivity contribution in [3.05, 3.63) is 0 Å². The van der Waals surface area contributed by atoms with E-state index >= 15 is 0 Å². The number of hydrogen-bond donors (Lipinski definition) is 2. The molecule has 1 aliphatic rings. The first-order valence-corrected chi connectivity index (χ1v) is 7.30. The van der Waals surface area contributed by atoms with Crippen LogP contribution in [0, 0.1) is 0 Å². The van der Waals surface area contributed by atoms with Crippen LogP contribution in [0.3, 0.4) is 0 Å². The summed E-state index contributed by atoms with van der Waals surface area (Å²) in [4.78, 5) is 40.9. The largest absolute Gasteiger partial charge is 0.790 e. The Balaban J connectivity index is 2.59. The highest BCUT2D eigenvalue weighted by molar-refractivity contribution is 7.43. The fraction of sp³-hybridized carbons (Fsp3) is 1.00. The fourth-order valence-electron chi connectivity index (χ4n) is 1.23. The molecule has 13 heteroatoms. The Labute approximate surface area is 100 Å². The Bertz CT molecular complexity index is 372. The van der Waals surface area contributed by atoms with E-state index < -0.39 is 46.9 Å². The fourth-order valence-corrected chi connectivity index (χ4v) is 1.99. The lowest BCUT2D eigenvalue weighted by Crippen LogP contribution is -2.36. The van der Waals surface area contributed by atoms with Gasteiger partial charge in [-0.3, -0.25) is 0 Å². The normalized spacial score (nSPS) is 33.9. The molecule has 0 aromatic heterocycles. The highest BCUT2D eigenvalue weighted by Gasteiger charge is 2.44. The molecule has 4 atom stereocenters. The van der Waals surface area contributed by atoms with Crippen LogP contribution in [0.5, 0.6) is 0 Å². The molecule has 0 amide bonds. The van der Waals surface area contributed by atoms with Crippen LogP contribution in [0.2, 0.25) is 0 Å². The zero-order valence-electron chi connectivity index (χ0n) is 8.48. The summed E-state index contributed by atoms with van der Waals surface area (Å²) < 4.78 is 32.5. The third-order valence-corrected chi connectivity index (χ3v) is 2.88. The second-order valence-corrected chi connectivity index (χ2v) is 5.58. The minimum Gasteiger partial charge on any atom is -0.790 e. The van der Waals surface area contributed by atoms with E-state index in [1.165, 1.54) is 0 Å². The Hall–Kier alpha value is 0.1000. The average molecular weight is 306 g/mol. The summed E-state index contributed by atoms with van der Waals surface area (Å²) >= 11 is 0. The molecule has 1 saturated heterocycles. The molecule has 108 valence electrons. The van der Waals surface area contributed by atoms with Crippen molar-refractivity contribution in [2.45, 2.75) is 24.6 Å². The van der Waals surface area contributed by atoms with Crippen molar-refractivity contribution in [1.82, 2.24) is 0 Å². The van der Waals surface area contributed by atoms with Crippen molar-refractivity contribution in [2.24, 2.45) is 0 Å². The van der Waals surface area contributed by atoms with Gasteiger partial charge in [0.2, 0.25) is 0 Å². The van der Waals surface area contributed by atoms with Crippen molar-refractivity contribution in [3.8, 4) is 0 Å². The van der Waals surface area contributed by atoms with Gasteiger partial charge in [-0.05, 0) is 0 Å². The predicted octanol–water partition coefficient (Wildman–Crippen LogP) is -4.88. The van der Waals surface area contributed by atoms with Crippen molar-refractivity contribution in [2.75, 3.05) is 6.61 Å². The highest BCUT2D eigenvalue weighted by atomic mass is 31.2. The van der Waals surface area contributed by atoms with Crippen molar-refractivity contribution >= 4 is 15.6 Å². The SMILES string of the molecule is O=P([O-])([O-])OC[C@H]1O[C@H](OP(=O)([O-])[O-])[C@H](O)[C@@H]1O. The molecule has 1 fully saturated rings. The molecule has 0 spiro atoms. The number of ether oxygens (including phenoxy) is 1. The van der Waals surface area contributed by atoms with Gasteiger partial charge in [-0.1, -0.05) is 0 Å². The lowest BCUT2D eigenvalue weighted by Gasteiger charge is -2.32. The molecule has 1 aliphatic heterocycles. The molecule has 18 heavy (non-hydrogen) atoms. The van der Waals surface area contributed by atoms with Gasteiger partial charge in [0.1, 0.15) is 18.3 Å². The van der Waals surface area contributed by atoms with Crippen LogP contribution in [0.25, 0.3) is 0 Å². The van der Waals surface area contributed by atoms with Gasteiger partial charge in [-0.25, -0.2) is 0 Å². The minimum absolute atomic E-state index is 0.954. The minimum atomic E-state index is -5.47. The van der Waals surface area contributed by atoms with Gasteiger partial charge in [0.05, 0.1) is 22.3 Å². The standard InChI is InChI=1S/C5H12O11P2/c6-3-2(1-14-17(8,9)10)15-5(4(3)7)16-18(11,12)13/h2-7H,1H2,(H2,8,9,10)(H2,11,12,13)/p-4/t2-,3-,4-,5-/m1/s1. The Morgan fingerprint density at radius 2 is 1.61 bits per heavy atom. The van der Waals surface area contributed by atoms with Crippen LogP contribution in [0.15, 0.2) is 0 Å². The second kappa shape index (κ2) is 5.61. The maximum Gasteiger partial charge on any atom is 0.191 e. The lowest BCUT2D eigenvalue weighted by molar-refractivity contribution is -0.356. The number of aliphatic hydroxyl groups is 2. The molecule has 0 aromatic rings. The first-order chi connectivity index (χ1) is 7.99. The Morgan fingerprint density at radius 3 is 2.06 bits per heavy atom. The van der Waals surface area contributed by atoms with E-state index in [0.29, 0.717) is 0 Å². The summed E-state index contributed by atoms with van der Waals surface area (Å²) in [5, 5.41) is 18.5. The predicted molar refractivity (Wildman–Crippen MR) is 42.9 cm³/mol. The van der Waals surface area contributed by atoms with E-state index in [1.807, 2.05) is 0 Å². The van der Waals surface area contributed by atoms with Crippen LogP contribution in [0.1, 0.15) is 0 Å². The summed E-state index contributed by atoms with van der Waals surface area (Å²) in [5.41, 5.74) is 0. The molecule has 0 aliphatic carbocycles. The number of hydrogen-bond acceptors (Lipinski definition) is 11. The quantitative estimate of drug-likeness (QED) is 0.462. The van der Waals surface area contributed by atoms with E-state index in [4.69, 9.17) is 0 Å². The van der Waals surface area contributed by atoms with Crippen LogP contribution >= 0.6 is 15.6 Å². The summed E-state index contributed by atoms with van der Waals surface area (Å²) in [6.07, 6.45) is -7.22. The molecular weight excluding hydrogens is 298 g/mol. The Kier molecular flexibility index (Phi) is 5.04. The molecule has 0 aromatic carbocycles. The highest BCUT2D eigenvalue weighted by Crippen LogP contribution is 2.35. The first kappa shape index (κ1) is 16.2. The summed E-state index contributed by atoms with van der Waals surface area (Å²) in [6.45, 7) is -0.954. The van der Waals surface area contributed by atoms with Gasteiger partial charge < -0.3 is 52.7 Å². The zero-order chi connectivity index (χ0) is 14.1. The summed E-state index contributed by atoms with van der Waals surface area (Å²) in [6, 6.07) is 0. The summed E-state index contributed by atoms with van der Waals surface area (Å²) in [7, 11) is -10.8. The maximum atomic E-state index is 10.3. The van der Waals surface area contributed by atoms with Crippen LogP contribution in [0.4, 0.5) is 0 Å². The monoisotopic (exact) mass is 306 g/mol. The van der Waals surface area contributed by atoms with Gasteiger partial charge >= 0.3 is 0 Å². The lowest BCUT2D eigenvalue weighted by atomic mass is 10.1. The maximum absolute atomic E-state index is 10.3. The van der Waals surface area contributed by atoms with Gasteiger partial charge in [0.25, 0.3) is 0 Å². The van der Waals surface area contributed by atoms with E-state index in [2.05, 4.69) is 13.8 Å². The van der Waals surface area contributed by atoms with Crippen LogP contribution < -0.4 is 19.6 Å². The third-order valence-electron chi connectivity index (χ3n) is 1.95. The third kappa shape index (κ3) is 5.00. The molecule has 2 N–H and O–H groups in total. The zero-order valence-corrected chi connectivity index (χ0v) is 10.3. The summed E-state index contributed by atoms with van der Waals surface area (Å²) in [5.74, 6) is 0. The number of aliphatic hydroxyl groups excluding tert-OH is 2. The number of phosphoric ester groups is 2. The smallest absolute Gasteiger partial charge is 0.191 e. The van der Waals surface area contributed by atoms with Crippen molar-refractivity contribution < 1.29 is 52.7 Å². The molecule has 0 bridgehead atoms. The molecule has 11 nitrogen and oxygen atoms in total. The second-order valence-electron chi connectivity index (χ2n) is 3.32. The van der Waals surface area contributed by atoms with Crippen molar-refractivity contribution in [3.63, 3.8) is 0 Å². The van der Waals surface area contributed by atoms with Gasteiger partial charge in [0, 0.05) is 0 Å². The van der Waals surface area contributed by atoms with Gasteiger partial charge in [0.15, 0.2) is 6.29 Å². The molecule has 0 saturated carbocycles. The molecule has 1 heterocycles. The Morgan fingerprint density at radius 1 is 1.06 bits per heavy atom. The van der Waals surface area contributed by atoms with E-state index in [1.54, 1.807) is 0 Å². The molecular formula is C5H8O11P2-4.